The SMILES string of the molecule is COc1ccc(C2(NC(=O)Nc3ccccc3C(F)(F)F)CC2)cc1OC. The van der Waals surface area contributed by atoms with E-state index in [2.05, 4.69) is 10.6 Å². The molecule has 5 nitrogen and oxygen atoms in total. The van der Waals surface area contributed by atoms with E-state index in [0.717, 1.165) is 11.6 Å². The van der Waals surface area contributed by atoms with Gasteiger partial charge in [-0.15, -0.1) is 0 Å². The number of hydrogen-bond acceptors (Lipinski definition) is 3. The summed E-state index contributed by atoms with van der Waals surface area (Å²) in [7, 11) is 3.03. The van der Waals surface area contributed by atoms with Gasteiger partial charge in [-0.3, -0.25) is 0 Å². The number of nitrogens with one attached hydrogen (secondary N) is 2. The number of alkyl halides is 3. The van der Waals surface area contributed by atoms with Crippen LogP contribution in [0.5, 0.6) is 11.5 Å². The van der Waals surface area contributed by atoms with Crippen LogP contribution in [0.1, 0.15) is 24.0 Å². The van der Waals surface area contributed by atoms with Gasteiger partial charge in [-0.05, 0) is 42.7 Å². The Morgan fingerprint density at radius 1 is 1.04 bits per heavy atom. The standard InChI is InChI=1S/C19H19F3N2O3/c1-26-15-8-7-12(11-16(15)27-2)18(9-10-18)24-17(25)23-14-6-4-3-5-13(14)19(20,21)22/h3-8,11H,9-10H2,1-2H3,(H2,23,24,25). The molecular formula is C19H19F3N2O3. The molecule has 0 unspecified atom stereocenters. The first-order valence-corrected chi connectivity index (χ1v) is 8.27. The summed E-state index contributed by atoms with van der Waals surface area (Å²) in [6.07, 6.45) is -3.20. The second kappa shape index (κ2) is 7.02. The normalized spacial score (nSPS) is 15.0. The Balaban J connectivity index is 1.77. The van der Waals surface area contributed by atoms with Gasteiger partial charge in [-0.1, -0.05) is 18.2 Å². The summed E-state index contributed by atoms with van der Waals surface area (Å²) in [5.74, 6) is 1.08. The number of benzene rings is 2. The van der Waals surface area contributed by atoms with Crippen molar-refractivity contribution >= 4 is 11.7 Å². The number of rotatable bonds is 5. The Kier molecular flexibility index (Phi) is 4.91. The molecule has 0 aromatic heterocycles. The first-order chi connectivity index (χ1) is 12.8. The second-order valence-electron chi connectivity index (χ2n) is 6.27. The monoisotopic (exact) mass is 380 g/mol. The van der Waals surface area contributed by atoms with Crippen LogP contribution in [0, 0.1) is 0 Å². The topological polar surface area (TPSA) is 59.6 Å². The highest BCUT2D eigenvalue weighted by molar-refractivity contribution is 5.91. The third kappa shape index (κ3) is 3.94. The number of anilines is 1. The molecule has 2 amide bonds. The number of urea groups is 1. The Bertz CT molecular complexity index is 848. The van der Waals surface area contributed by atoms with E-state index in [4.69, 9.17) is 9.47 Å². The van der Waals surface area contributed by atoms with Gasteiger partial charge in [0.1, 0.15) is 0 Å². The van der Waals surface area contributed by atoms with Crippen molar-refractivity contribution in [1.29, 1.82) is 0 Å². The molecule has 2 aromatic rings. The lowest BCUT2D eigenvalue weighted by atomic mass is 10.0. The molecule has 0 radical (unpaired) electrons. The van der Waals surface area contributed by atoms with Gasteiger partial charge in [0.2, 0.25) is 0 Å². The molecular weight excluding hydrogens is 361 g/mol. The van der Waals surface area contributed by atoms with Gasteiger partial charge >= 0.3 is 12.2 Å². The Hall–Kier alpha value is -2.90. The minimum atomic E-state index is -4.55. The summed E-state index contributed by atoms with van der Waals surface area (Å²) in [4.78, 5) is 12.4. The van der Waals surface area contributed by atoms with E-state index in [1.54, 1.807) is 18.2 Å². The van der Waals surface area contributed by atoms with Crippen LogP contribution in [0.15, 0.2) is 42.5 Å². The number of carbonyl (C=O) groups is 1. The quantitative estimate of drug-likeness (QED) is 0.801. The van der Waals surface area contributed by atoms with Crippen molar-refractivity contribution in [2.24, 2.45) is 0 Å². The minimum absolute atomic E-state index is 0.286. The van der Waals surface area contributed by atoms with Crippen molar-refractivity contribution in [3.8, 4) is 11.5 Å². The van der Waals surface area contributed by atoms with Crippen LogP contribution >= 0.6 is 0 Å². The lowest BCUT2D eigenvalue weighted by molar-refractivity contribution is -0.136. The van der Waals surface area contributed by atoms with Crippen molar-refractivity contribution in [2.45, 2.75) is 24.6 Å². The van der Waals surface area contributed by atoms with Crippen LogP contribution in [-0.2, 0) is 11.7 Å². The van der Waals surface area contributed by atoms with Crippen LogP contribution in [0.4, 0.5) is 23.7 Å². The molecule has 0 bridgehead atoms. The molecule has 1 fully saturated rings. The molecule has 0 atom stereocenters. The van der Waals surface area contributed by atoms with Crippen molar-refractivity contribution in [2.75, 3.05) is 19.5 Å². The van der Waals surface area contributed by atoms with E-state index in [1.807, 2.05) is 0 Å². The van der Waals surface area contributed by atoms with E-state index in [9.17, 15) is 18.0 Å². The molecule has 2 N–H and O–H groups in total. The lowest BCUT2D eigenvalue weighted by Gasteiger charge is -2.21. The van der Waals surface area contributed by atoms with Crippen molar-refractivity contribution in [3.05, 3.63) is 53.6 Å². The largest absolute Gasteiger partial charge is 0.493 e. The third-order valence-electron chi connectivity index (χ3n) is 4.52. The fourth-order valence-corrected chi connectivity index (χ4v) is 2.95. The second-order valence-corrected chi connectivity index (χ2v) is 6.27. The van der Waals surface area contributed by atoms with Crippen LogP contribution in [-0.4, -0.2) is 20.3 Å². The first-order valence-electron chi connectivity index (χ1n) is 8.27. The zero-order valence-corrected chi connectivity index (χ0v) is 14.8. The predicted octanol–water partition coefficient (Wildman–Crippen LogP) is 4.53. The molecule has 1 saturated carbocycles. The summed E-state index contributed by atoms with van der Waals surface area (Å²) < 4.78 is 49.7. The van der Waals surface area contributed by atoms with Gasteiger partial charge in [0, 0.05) is 0 Å². The van der Waals surface area contributed by atoms with Crippen LogP contribution < -0.4 is 20.1 Å². The van der Waals surface area contributed by atoms with Gasteiger partial charge in [0.15, 0.2) is 11.5 Å². The molecule has 0 aliphatic heterocycles. The Labute approximate surface area is 154 Å². The van der Waals surface area contributed by atoms with E-state index in [1.165, 1.54) is 32.4 Å². The molecule has 3 rings (SSSR count). The van der Waals surface area contributed by atoms with Crippen molar-refractivity contribution in [1.82, 2.24) is 5.32 Å². The van der Waals surface area contributed by atoms with Gasteiger partial charge in [-0.2, -0.15) is 13.2 Å². The highest BCUT2D eigenvalue weighted by Gasteiger charge is 2.46. The maximum Gasteiger partial charge on any atom is 0.418 e. The van der Waals surface area contributed by atoms with E-state index in [0.29, 0.717) is 24.3 Å². The zero-order chi connectivity index (χ0) is 19.7. The number of hydrogen-bond donors (Lipinski definition) is 2. The number of methoxy groups -OCH3 is 2. The van der Waals surface area contributed by atoms with Gasteiger partial charge in [0.25, 0.3) is 0 Å². The van der Waals surface area contributed by atoms with Gasteiger partial charge < -0.3 is 20.1 Å². The lowest BCUT2D eigenvalue weighted by Crippen LogP contribution is -2.38. The maximum absolute atomic E-state index is 13.1. The molecule has 144 valence electrons. The van der Waals surface area contributed by atoms with Crippen LogP contribution in [0.2, 0.25) is 0 Å². The first kappa shape index (κ1) is 18.9. The summed E-state index contributed by atoms with van der Waals surface area (Å²) in [6, 6.07) is 9.46. The number of ether oxygens (including phenoxy) is 2. The van der Waals surface area contributed by atoms with Crippen molar-refractivity contribution < 1.29 is 27.4 Å². The van der Waals surface area contributed by atoms with E-state index in [-0.39, 0.29) is 5.69 Å². The average Bonchev–Trinajstić information content (AvgIpc) is 3.41. The molecule has 1 aliphatic rings. The predicted molar refractivity (Wildman–Crippen MR) is 94.1 cm³/mol. The average molecular weight is 380 g/mol. The van der Waals surface area contributed by atoms with E-state index < -0.39 is 23.3 Å². The molecule has 2 aromatic carbocycles. The summed E-state index contributed by atoms with van der Waals surface area (Å²) >= 11 is 0. The molecule has 8 heteroatoms. The maximum atomic E-state index is 13.1. The fourth-order valence-electron chi connectivity index (χ4n) is 2.95. The molecule has 0 heterocycles. The molecule has 1 aliphatic carbocycles. The number of amides is 2. The number of halogens is 3. The number of carbonyl (C=O) groups excluding carboxylic acids is 1. The highest BCUT2D eigenvalue weighted by Crippen LogP contribution is 2.47. The highest BCUT2D eigenvalue weighted by atomic mass is 19.4. The summed E-state index contributed by atoms with van der Waals surface area (Å²) in [5.41, 5.74) is -1.00. The Morgan fingerprint density at radius 3 is 2.30 bits per heavy atom. The minimum Gasteiger partial charge on any atom is -0.493 e. The molecule has 27 heavy (non-hydrogen) atoms. The molecule has 0 saturated heterocycles. The summed E-state index contributed by atoms with van der Waals surface area (Å²) in [6.45, 7) is 0. The fraction of sp³-hybridized carbons (Fsp3) is 0.316. The summed E-state index contributed by atoms with van der Waals surface area (Å²) in [5, 5.41) is 5.09. The molecule has 0 spiro atoms. The third-order valence-corrected chi connectivity index (χ3v) is 4.52. The smallest absolute Gasteiger partial charge is 0.418 e. The van der Waals surface area contributed by atoms with Gasteiger partial charge in [-0.25, -0.2) is 4.79 Å². The van der Waals surface area contributed by atoms with Crippen LogP contribution in [0.25, 0.3) is 0 Å². The Morgan fingerprint density at radius 2 is 1.70 bits per heavy atom. The number of para-hydroxylation sites is 1. The van der Waals surface area contributed by atoms with Gasteiger partial charge in [0.05, 0.1) is 31.0 Å². The zero-order valence-electron chi connectivity index (χ0n) is 14.8. The van der Waals surface area contributed by atoms with Crippen molar-refractivity contribution in [3.63, 3.8) is 0 Å². The van der Waals surface area contributed by atoms with E-state index >= 15 is 0 Å². The van der Waals surface area contributed by atoms with Crippen LogP contribution in [0.3, 0.4) is 0 Å².